The van der Waals surface area contributed by atoms with Crippen LogP contribution in [-0.2, 0) is 4.79 Å². The summed E-state index contributed by atoms with van der Waals surface area (Å²) in [7, 11) is 0. The van der Waals surface area contributed by atoms with Crippen LogP contribution in [0.5, 0.6) is 0 Å². The van der Waals surface area contributed by atoms with Crippen LogP contribution >= 0.6 is 0 Å². The number of unbranched alkanes of at least 4 members (excludes halogenated alkanes) is 1. The van der Waals surface area contributed by atoms with E-state index in [-0.39, 0.29) is 11.5 Å². The minimum Gasteiger partial charge on any atom is -0.338 e. The van der Waals surface area contributed by atoms with Crippen LogP contribution < -0.4 is 5.56 Å². The lowest BCUT2D eigenvalue weighted by Crippen LogP contribution is -2.35. The third-order valence-electron chi connectivity index (χ3n) is 4.66. The first-order valence-corrected chi connectivity index (χ1v) is 9.76. The molecule has 0 N–H and O–H groups in total. The topological polar surface area (TPSA) is 42.3 Å². The monoisotopic (exact) mass is 366 g/mol. The molecule has 1 heterocycles. The Morgan fingerprint density at radius 2 is 1.81 bits per heavy atom. The zero-order valence-corrected chi connectivity index (χ0v) is 16.8. The summed E-state index contributed by atoms with van der Waals surface area (Å²) in [4.78, 5) is 27.4. The smallest absolute Gasteiger partial charge is 0.270 e. The lowest BCUT2D eigenvalue weighted by atomic mass is 10.0. The Hall–Kier alpha value is -2.62. The molecule has 1 amide bonds. The van der Waals surface area contributed by atoms with E-state index in [4.69, 9.17) is 0 Å². The van der Waals surface area contributed by atoms with Gasteiger partial charge in [0.1, 0.15) is 5.70 Å². The van der Waals surface area contributed by atoms with E-state index in [0.29, 0.717) is 24.7 Å². The van der Waals surface area contributed by atoms with E-state index in [9.17, 15) is 9.59 Å². The third-order valence-corrected chi connectivity index (χ3v) is 4.66. The van der Waals surface area contributed by atoms with Crippen molar-refractivity contribution in [1.82, 2.24) is 9.47 Å². The van der Waals surface area contributed by atoms with Crippen LogP contribution in [0.1, 0.15) is 57.6 Å². The molecule has 2 aromatic rings. The highest BCUT2D eigenvalue weighted by Crippen LogP contribution is 2.18. The molecule has 144 valence electrons. The number of likely N-dealkylation sites (N-methyl/N-ethyl adjacent to an activating group) is 1. The van der Waals surface area contributed by atoms with Gasteiger partial charge in [-0.15, -0.1) is 0 Å². The number of pyridine rings is 1. The molecule has 1 aromatic heterocycles. The Morgan fingerprint density at radius 1 is 1.11 bits per heavy atom. The van der Waals surface area contributed by atoms with Crippen LogP contribution in [0.25, 0.3) is 11.8 Å². The van der Waals surface area contributed by atoms with E-state index in [1.54, 1.807) is 23.2 Å². The van der Waals surface area contributed by atoms with E-state index in [1.807, 2.05) is 25.1 Å². The second kappa shape index (κ2) is 9.91. The predicted octanol–water partition coefficient (Wildman–Crippen LogP) is 4.62. The van der Waals surface area contributed by atoms with E-state index >= 15 is 0 Å². The van der Waals surface area contributed by atoms with Crippen LogP contribution in [0.3, 0.4) is 0 Å². The van der Waals surface area contributed by atoms with Gasteiger partial charge in [-0.05, 0) is 42.5 Å². The van der Waals surface area contributed by atoms with Crippen molar-refractivity contribution in [3.63, 3.8) is 0 Å². The molecule has 0 radical (unpaired) electrons. The predicted molar refractivity (Wildman–Crippen MR) is 113 cm³/mol. The Kier molecular flexibility index (Phi) is 7.59. The first-order valence-electron chi connectivity index (χ1n) is 9.76. The maximum absolute atomic E-state index is 13.2. The molecule has 0 aliphatic rings. The fraction of sp³-hybridized carbons (Fsp3) is 0.391. The van der Waals surface area contributed by atoms with Gasteiger partial charge in [-0.1, -0.05) is 57.5 Å². The second-order valence-electron chi connectivity index (χ2n) is 7.00. The van der Waals surface area contributed by atoms with Gasteiger partial charge in [-0.2, -0.15) is 0 Å². The van der Waals surface area contributed by atoms with Crippen molar-refractivity contribution in [1.29, 1.82) is 0 Å². The quantitative estimate of drug-likeness (QED) is 0.640. The number of rotatable bonds is 8. The number of amides is 1. The molecule has 0 aliphatic carbocycles. The van der Waals surface area contributed by atoms with Gasteiger partial charge in [-0.3, -0.25) is 14.2 Å². The zero-order valence-electron chi connectivity index (χ0n) is 16.8. The van der Waals surface area contributed by atoms with Crippen molar-refractivity contribution in [2.75, 3.05) is 13.1 Å². The summed E-state index contributed by atoms with van der Waals surface area (Å²) in [6.45, 7) is 9.68. The maximum Gasteiger partial charge on any atom is 0.270 e. The standard InChI is InChI=1S/C23H30N2O2/c1-5-7-15-24(6-2)23(27)21(25-16-9-8-10-22(25)26)17-19-11-13-20(14-12-19)18(3)4/h8-14,16-18H,5-7,15H2,1-4H3. The summed E-state index contributed by atoms with van der Waals surface area (Å²) in [5, 5.41) is 0. The average molecular weight is 367 g/mol. The number of nitrogens with zero attached hydrogens (tertiary/aromatic N) is 2. The molecular weight excluding hydrogens is 336 g/mol. The lowest BCUT2D eigenvalue weighted by Gasteiger charge is -2.23. The van der Waals surface area contributed by atoms with Crippen molar-refractivity contribution in [2.45, 2.75) is 46.5 Å². The van der Waals surface area contributed by atoms with E-state index in [2.05, 4.69) is 32.9 Å². The van der Waals surface area contributed by atoms with Crippen LogP contribution in [-0.4, -0.2) is 28.5 Å². The number of carbonyl (C=O) groups excluding carboxylic acids is 1. The summed E-state index contributed by atoms with van der Waals surface area (Å²) >= 11 is 0. The number of carbonyl (C=O) groups is 1. The van der Waals surface area contributed by atoms with Gasteiger partial charge in [0.25, 0.3) is 11.5 Å². The molecule has 0 saturated heterocycles. The largest absolute Gasteiger partial charge is 0.338 e. The van der Waals surface area contributed by atoms with Crippen molar-refractivity contribution in [3.8, 4) is 0 Å². The van der Waals surface area contributed by atoms with E-state index in [0.717, 1.165) is 18.4 Å². The highest BCUT2D eigenvalue weighted by atomic mass is 16.2. The highest BCUT2D eigenvalue weighted by molar-refractivity contribution is 6.18. The Bertz CT molecular complexity index is 832. The molecule has 4 nitrogen and oxygen atoms in total. The number of hydrogen-bond donors (Lipinski definition) is 0. The fourth-order valence-corrected chi connectivity index (χ4v) is 2.91. The molecule has 0 bridgehead atoms. The normalized spacial score (nSPS) is 11.7. The summed E-state index contributed by atoms with van der Waals surface area (Å²) < 4.78 is 1.44. The molecule has 0 aliphatic heterocycles. The van der Waals surface area contributed by atoms with Crippen LogP contribution in [0.4, 0.5) is 0 Å². The van der Waals surface area contributed by atoms with Gasteiger partial charge in [0, 0.05) is 25.4 Å². The molecule has 27 heavy (non-hydrogen) atoms. The summed E-state index contributed by atoms with van der Waals surface area (Å²) in [5.41, 5.74) is 2.33. The number of hydrogen-bond acceptors (Lipinski definition) is 2. The number of benzene rings is 1. The third kappa shape index (κ3) is 5.43. The summed E-state index contributed by atoms with van der Waals surface area (Å²) in [5.74, 6) is 0.331. The van der Waals surface area contributed by atoms with Gasteiger partial charge in [0.2, 0.25) is 0 Å². The minimum absolute atomic E-state index is 0.118. The molecule has 0 fully saturated rings. The molecule has 0 saturated carbocycles. The van der Waals surface area contributed by atoms with Crippen molar-refractivity contribution in [3.05, 3.63) is 70.1 Å². The summed E-state index contributed by atoms with van der Waals surface area (Å²) in [6, 6.07) is 13.1. The zero-order chi connectivity index (χ0) is 19.8. The van der Waals surface area contributed by atoms with Crippen molar-refractivity contribution < 1.29 is 4.79 Å². The second-order valence-corrected chi connectivity index (χ2v) is 7.00. The van der Waals surface area contributed by atoms with Gasteiger partial charge < -0.3 is 4.90 Å². The van der Waals surface area contributed by atoms with E-state index < -0.39 is 0 Å². The summed E-state index contributed by atoms with van der Waals surface area (Å²) in [6.07, 6.45) is 5.43. The average Bonchev–Trinajstić information content (AvgIpc) is 2.67. The Balaban J connectivity index is 2.48. The molecule has 1 aromatic carbocycles. The molecule has 0 atom stereocenters. The molecule has 4 heteroatoms. The first kappa shape index (κ1) is 20.7. The number of aromatic nitrogens is 1. The Labute approximate surface area is 162 Å². The van der Waals surface area contributed by atoms with Crippen LogP contribution in [0, 0.1) is 0 Å². The lowest BCUT2D eigenvalue weighted by molar-refractivity contribution is -0.125. The highest BCUT2D eigenvalue weighted by Gasteiger charge is 2.19. The van der Waals surface area contributed by atoms with Gasteiger partial charge >= 0.3 is 0 Å². The van der Waals surface area contributed by atoms with Gasteiger partial charge in [0.05, 0.1) is 0 Å². The maximum atomic E-state index is 13.2. The molecule has 2 rings (SSSR count). The molecule has 0 spiro atoms. The Morgan fingerprint density at radius 3 is 2.37 bits per heavy atom. The molecule has 0 unspecified atom stereocenters. The van der Waals surface area contributed by atoms with Crippen LogP contribution in [0.15, 0.2) is 53.5 Å². The van der Waals surface area contributed by atoms with Crippen molar-refractivity contribution in [2.24, 2.45) is 0 Å². The SMILES string of the molecule is CCCCN(CC)C(=O)C(=Cc1ccc(C(C)C)cc1)n1ccccc1=O. The minimum atomic E-state index is -0.206. The van der Waals surface area contributed by atoms with E-state index in [1.165, 1.54) is 16.2 Å². The first-order chi connectivity index (χ1) is 13.0. The van der Waals surface area contributed by atoms with Gasteiger partial charge in [-0.25, -0.2) is 0 Å². The molecular formula is C23H30N2O2. The van der Waals surface area contributed by atoms with Crippen LogP contribution in [0.2, 0.25) is 0 Å². The van der Waals surface area contributed by atoms with Crippen molar-refractivity contribution >= 4 is 17.7 Å². The van der Waals surface area contributed by atoms with Gasteiger partial charge in [0.15, 0.2) is 0 Å². The fourth-order valence-electron chi connectivity index (χ4n) is 2.91.